The highest BCUT2D eigenvalue weighted by Gasteiger charge is 2.12. The van der Waals surface area contributed by atoms with Crippen LogP contribution in [0.3, 0.4) is 0 Å². The first-order valence-corrected chi connectivity index (χ1v) is 10.5. The van der Waals surface area contributed by atoms with Gasteiger partial charge in [0.1, 0.15) is 24.1 Å². The summed E-state index contributed by atoms with van der Waals surface area (Å²) >= 11 is 0. The average molecular weight is 445 g/mol. The lowest BCUT2D eigenvalue weighted by Crippen LogP contribution is -2.13. The topological polar surface area (TPSA) is 71.3 Å². The van der Waals surface area contributed by atoms with E-state index in [1.807, 2.05) is 26.8 Å². The average Bonchev–Trinajstić information content (AvgIpc) is 2.78. The first-order valence-electron chi connectivity index (χ1n) is 10.5. The molecule has 168 valence electrons. The zero-order valence-corrected chi connectivity index (χ0v) is 18.8. The van der Waals surface area contributed by atoms with Gasteiger partial charge >= 0.3 is 0 Å². The summed E-state index contributed by atoms with van der Waals surface area (Å²) in [6, 6.07) is 18.7. The van der Waals surface area contributed by atoms with E-state index in [0.717, 1.165) is 5.56 Å². The number of benzene rings is 3. The number of halogens is 1. The minimum atomic E-state index is -0.586. The second-order valence-corrected chi connectivity index (χ2v) is 7.55. The molecule has 0 heterocycles. The molecule has 0 aliphatic rings. The Balaban J connectivity index is 1.78. The second kappa shape index (κ2) is 11.0. The minimum absolute atomic E-state index is 0.0920. The summed E-state index contributed by atoms with van der Waals surface area (Å²) in [5, 5.41) is 12.1. The van der Waals surface area contributed by atoms with Crippen LogP contribution in [0.25, 0.3) is 6.08 Å². The lowest BCUT2D eigenvalue weighted by molar-refractivity contribution is -0.112. The fourth-order valence-corrected chi connectivity index (χ4v) is 3.36. The van der Waals surface area contributed by atoms with Gasteiger partial charge in [-0.2, -0.15) is 5.26 Å². The van der Waals surface area contributed by atoms with E-state index in [-0.39, 0.29) is 5.57 Å². The Morgan fingerprint density at radius 3 is 2.33 bits per heavy atom. The molecule has 3 aromatic carbocycles. The number of hydrogen-bond donors (Lipinski definition) is 1. The number of carbonyl (C=O) groups excluding carboxylic acids is 1. The summed E-state index contributed by atoms with van der Waals surface area (Å²) in [6.45, 7) is 6.78. The normalized spacial score (nSPS) is 10.9. The number of aryl methyl sites for hydroxylation is 2. The molecule has 5 nitrogen and oxygen atoms in total. The molecule has 1 N–H and O–H groups in total. The Labute approximate surface area is 193 Å². The highest BCUT2D eigenvalue weighted by Crippen LogP contribution is 2.30. The van der Waals surface area contributed by atoms with Crippen molar-refractivity contribution in [3.63, 3.8) is 0 Å². The molecule has 0 atom stereocenters. The Bertz CT molecular complexity index is 1190. The lowest BCUT2D eigenvalue weighted by Gasteiger charge is -2.13. The largest absolute Gasteiger partial charge is 0.490 e. The van der Waals surface area contributed by atoms with Gasteiger partial charge in [0.15, 0.2) is 11.5 Å². The molecule has 0 aromatic heterocycles. The molecule has 0 saturated heterocycles. The summed E-state index contributed by atoms with van der Waals surface area (Å²) in [7, 11) is 0. The summed E-state index contributed by atoms with van der Waals surface area (Å²) in [6.07, 6.45) is 1.47. The zero-order valence-electron chi connectivity index (χ0n) is 18.8. The van der Waals surface area contributed by atoms with E-state index in [1.165, 1.54) is 41.5 Å². The molecule has 0 unspecified atom stereocenters. The van der Waals surface area contributed by atoms with Crippen molar-refractivity contribution in [3.8, 4) is 17.6 Å². The molecule has 0 aliphatic carbocycles. The number of amides is 1. The van der Waals surface area contributed by atoms with Crippen LogP contribution in [0.1, 0.15) is 29.2 Å². The Kier molecular flexibility index (Phi) is 7.82. The van der Waals surface area contributed by atoms with Crippen LogP contribution in [0.5, 0.6) is 11.5 Å². The van der Waals surface area contributed by atoms with E-state index in [0.29, 0.717) is 36.0 Å². The molecule has 0 aliphatic heterocycles. The Hall–Kier alpha value is -4.11. The van der Waals surface area contributed by atoms with Crippen molar-refractivity contribution in [1.82, 2.24) is 0 Å². The van der Waals surface area contributed by atoms with Gasteiger partial charge < -0.3 is 14.8 Å². The van der Waals surface area contributed by atoms with Crippen molar-refractivity contribution in [2.24, 2.45) is 0 Å². The number of nitrogens with zero attached hydrogens (tertiary/aromatic N) is 1. The molecular formula is C27H25FN2O3. The maximum absolute atomic E-state index is 13.1. The third-order valence-electron chi connectivity index (χ3n) is 4.72. The molecule has 3 aromatic rings. The van der Waals surface area contributed by atoms with E-state index < -0.39 is 11.7 Å². The van der Waals surface area contributed by atoms with Crippen LogP contribution in [0.2, 0.25) is 0 Å². The van der Waals surface area contributed by atoms with Crippen molar-refractivity contribution < 1.29 is 18.7 Å². The van der Waals surface area contributed by atoms with E-state index >= 15 is 0 Å². The number of nitrogens with one attached hydrogen (secondary N) is 1. The number of carbonyl (C=O) groups is 1. The molecule has 0 spiro atoms. The highest BCUT2D eigenvalue weighted by molar-refractivity contribution is 6.09. The Morgan fingerprint density at radius 2 is 1.70 bits per heavy atom. The van der Waals surface area contributed by atoms with Gasteiger partial charge in [-0.15, -0.1) is 0 Å². The summed E-state index contributed by atoms with van der Waals surface area (Å²) < 4.78 is 24.8. The molecule has 1 amide bonds. The van der Waals surface area contributed by atoms with Gasteiger partial charge in [0.25, 0.3) is 5.91 Å². The van der Waals surface area contributed by atoms with Crippen LogP contribution < -0.4 is 14.8 Å². The first kappa shape index (κ1) is 23.6. The van der Waals surface area contributed by atoms with Gasteiger partial charge in [-0.25, -0.2) is 4.39 Å². The van der Waals surface area contributed by atoms with Gasteiger partial charge in [0, 0.05) is 5.69 Å². The van der Waals surface area contributed by atoms with Crippen LogP contribution in [-0.2, 0) is 11.4 Å². The van der Waals surface area contributed by atoms with Crippen LogP contribution in [0.4, 0.5) is 10.1 Å². The smallest absolute Gasteiger partial charge is 0.266 e. The van der Waals surface area contributed by atoms with E-state index in [1.54, 1.807) is 18.2 Å². The second-order valence-electron chi connectivity index (χ2n) is 7.55. The quantitative estimate of drug-likeness (QED) is 0.343. The number of nitriles is 1. The SMILES string of the molecule is CCOc1cc(/C=C(\C#N)C(=O)Nc2ccc(F)cc2)ccc1OCc1cc(C)cc(C)c1. The fourth-order valence-electron chi connectivity index (χ4n) is 3.36. The maximum Gasteiger partial charge on any atom is 0.266 e. The third kappa shape index (κ3) is 6.68. The molecule has 0 saturated carbocycles. The number of anilines is 1. The van der Waals surface area contributed by atoms with Gasteiger partial charge in [-0.1, -0.05) is 35.4 Å². The highest BCUT2D eigenvalue weighted by atomic mass is 19.1. The predicted molar refractivity (Wildman–Crippen MR) is 126 cm³/mol. The summed E-state index contributed by atoms with van der Waals surface area (Å²) in [5.74, 6) is 0.0962. The van der Waals surface area contributed by atoms with Crippen molar-refractivity contribution in [2.75, 3.05) is 11.9 Å². The number of hydrogen-bond acceptors (Lipinski definition) is 4. The van der Waals surface area contributed by atoms with Gasteiger partial charge in [-0.3, -0.25) is 4.79 Å². The lowest BCUT2D eigenvalue weighted by atomic mass is 10.1. The minimum Gasteiger partial charge on any atom is -0.490 e. The zero-order chi connectivity index (χ0) is 23.8. The number of ether oxygens (including phenoxy) is 2. The third-order valence-corrected chi connectivity index (χ3v) is 4.72. The van der Waals surface area contributed by atoms with Gasteiger partial charge in [-0.05, 0) is 74.4 Å². The van der Waals surface area contributed by atoms with E-state index in [9.17, 15) is 14.4 Å². The van der Waals surface area contributed by atoms with Crippen LogP contribution in [-0.4, -0.2) is 12.5 Å². The molecule has 0 fully saturated rings. The molecule has 0 bridgehead atoms. The molecule has 3 rings (SSSR count). The Morgan fingerprint density at radius 1 is 1.00 bits per heavy atom. The molecular weight excluding hydrogens is 419 g/mol. The molecule has 33 heavy (non-hydrogen) atoms. The van der Waals surface area contributed by atoms with Crippen molar-refractivity contribution >= 4 is 17.7 Å². The predicted octanol–water partition coefficient (Wildman–Crippen LogP) is 5.97. The van der Waals surface area contributed by atoms with E-state index in [2.05, 4.69) is 23.5 Å². The first-order chi connectivity index (χ1) is 15.9. The van der Waals surface area contributed by atoms with Gasteiger partial charge in [0.2, 0.25) is 0 Å². The van der Waals surface area contributed by atoms with Crippen LogP contribution in [0.15, 0.2) is 66.2 Å². The summed E-state index contributed by atoms with van der Waals surface area (Å²) in [5.41, 5.74) is 4.31. The fraction of sp³-hybridized carbons (Fsp3) is 0.185. The van der Waals surface area contributed by atoms with Crippen LogP contribution >= 0.6 is 0 Å². The summed E-state index contributed by atoms with van der Waals surface area (Å²) in [4.78, 5) is 12.5. The molecule has 6 heteroatoms. The molecule has 0 radical (unpaired) electrons. The monoisotopic (exact) mass is 444 g/mol. The maximum atomic E-state index is 13.1. The van der Waals surface area contributed by atoms with Crippen molar-refractivity contribution in [1.29, 1.82) is 5.26 Å². The number of rotatable bonds is 8. The van der Waals surface area contributed by atoms with Gasteiger partial charge in [0.05, 0.1) is 6.61 Å². The van der Waals surface area contributed by atoms with E-state index in [4.69, 9.17) is 9.47 Å². The van der Waals surface area contributed by atoms with Crippen molar-refractivity contribution in [3.05, 3.63) is 94.3 Å². The standard InChI is InChI=1S/C27H25FN2O3/c1-4-32-26-15-20(5-10-25(26)33-17-21-12-18(2)11-19(3)13-21)14-22(16-29)27(31)30-24-8-6-23(28)7-9-24/h5-15H,4,17H2,1-3H3,(H,30,31)/b22-14+. The van der Waals surface area contributed by atoms with Crippen LogP contribution in [0, 0.1) is 31.0 Å². The van der Waals surface area contributed by atoms with Crippen molar-refractivity contribution in [2.45, 2.75) is 27.4 Å².